The zero-order valence-corrected chi connectivity index (χ0v) is 27.3. The van der Waals surface area contributed by atoms with Crippen LogP contribution in [0.2, 0.25) is 0 Å². The van der Waals surface area contributed by atoms with Crippen LogP contribution in [0.3, 0.4) is 0 Å². The van der Waals surface area contributed by atoms with Crippen LogP contribution < -0.4 is 9.64 Å². The van der Waals surface area contributed by atoms with Gasteiger partial charge in [0.25, 0.3) is 0 Å². The Morgan fingerprint density at radius 2 is 2.02 bits per heavy atom. The number of aliphatic hydroxyl groups is 2. The molecule has 0 radical (unpaired) electrons. The number of aromatic nitrogens is 2. The predicted molar refractivity (Wildman–Crippen MR) is 172 cm³/mol. The number of likely N-dealkylation sites (tertiary alicyclic amines) is 1. The summed E-state index contributed by atoms with van der Waals surface area (Å²) in [6.45, 7) is 5.95. The molecule has 2 aromatic rings. The first-order valence-electron chi connectivity index (χ1n) is 15.4. The van der Waals surface area contributed by atoms with Crippen molar-refractivity contribution in [1.29, 1.82) is 10.7 Å². The molecule has 2 aromatic heterocycles. The lowest BCUT2D eigenvalue weighted by molar-refractivity contribution is -0.169. The molecule has 238 valence electrons. The highest BCUT2D eigenvalue weighted by Crippen LogP contribution is 2.46. The van der Waals surface area contributed by atoms with Gasteiger partial charge >= 0.3 is 0 Å². The molecule has 44 heavy (non-hydrogen) atoms. The largest absolute Gasteiger partial charge is 0.476 e. The first-order valence-corrected chi connectivity index (χ1v) is 16.2. The van der Waals surface area contributed by atoms with E-state index < -0.39 is 11.7 Å². The molecule has 2 aliphatic heterocycles. The third-order valence-corrected chi connectivity index (χ3v) is 10.2. The Balaban J connectivity index is 1.42. The van der Waals surface area contributed by atoms with Crippen LogP contribution in [0.25, 0.3) is 0 Å². The van der Waals surface area contributed by atoms with Crippen molar-refractivity contribution in [3.8, 4) is 11.9 Å². The Kier molecular flexibility index (Phi) is 9.86. The maximum Gasteiger partial charge on any atom is 0.230 e. The average Bonchev–Trinajstić information content (AvgIpc) is 3.57. The van der Waals surface area contributed by atoms with E-state index in [9.17, 15) is 15.5 Å². The topological polar surface area (TPSA) is 148 Å². The fourth-order valence-electron chi connectivity index (χ4n) is 6.28. The maximum atomic E-state index is 11.5. The molecule has 13 heteroatoms. The van der Waals surface area contributed by atoms with E-state index in [0.29, 0.717) is 41.3 Å². The number of nitriles is 1. The molecule has 12 nitrogen and oxygen atoms in total. The zero-order chi connectivity index (χ0) is 31.6. The summed E-state index contributed by atoms with van der Waals surface area (Å²) in [4.78, 5) is 23.1. The number of hydrogen-bond acceptors (Lipinski definition) is 12. The molecule has 2 fully saturated rings. The molecular formula is C31H45N9O3S. The van der Waals surface area contributed by atoms with E-state index in [1.165, 1.54) is 11.3 Å². The molecule has 3 aliphatic rings. The minimum Gasteiger partial charge on any atom is -0.476 e. The summed E-state index contributed by atoms with van der Waals surface area (Å²) in [5.41, 5.74) is 1.39. The van der Waals surface area contributed by atoms with Gasteiger partial charge in [-0.1, -0.05) is 0 Å². The van der Waals surface area contributed by atoms with Crippen LogP contribution in [0.4, 0.5) is 10.8 Å². The lowest BCUT2D eigenvalue weighted by atomic mass is 9.80. The van der Waals surface area contributed by atoms with Crippen molar-refractivity contribution in [2.45, 2.75) is 69.2 Å². The number of nitrogens with zero attached hydrogens (tertiary/aromatic N) is 8. The van der Waals surface area contributed by atoms with E-state index in [-0.39, 0.29) is 24.0 Å². The number of thiophene rings is 1. The summed E-state index contributed by atoms with van der Waals surface area (Å²) in [5, 5.41) is 42.7. The summed E-state index contributed by atoms with van der Waals surface area (Å²) < 4.78 is 6.16. The van der Waals surface area contributed by atoms with E-state index in [0.717, 1.165) is 62.3 Å². The highest BCUT2D eigenvalue weighted by molar-refractivity contribution is 7.16. The molecule has 4 heterocycles. The molecule has 5 rings (SSSR count). The van der Waals surface area contributed by atoms with Crippen molar-refractivity contribution < 1.29 is 14.9 Å². The molecule has 3 unspecified atom stereocenters. The van der Waals surface area contributed by atoms with Gasteiger partial charge in [-0.05, 0) is 65.2 Å². The number of hydrogen-bond donors (Lipinski definition) is 3. The smallest absolute Gasteiger partial charge is 0.230 e. The van der Waals surface area contributed by atoms with Gasteiger partial charge in [0, 0.05) is 74.8 Å². The average molecular weight is 624 g/mol. The van der Waals surface area contributed by atoms with Gasteiger partial charge in [-0.25, -0.2) is 9.98 Å². The standard InChI is InChI=1S/C31H45N9O3S/c1-20-17-40(13-12-38(20)4)26-14-27(43-18-21-8-7-11-39(21)5)36-30(35-26)31(41,42)15-24(33)22-9-6-10-25-28(22)23(16-32)29(44-25)34-19-37(2)3/h14,19-22,33,41-42H,6-13,15,17-18H2,1-5H3/b33-24?,34-19+. The van der Waals surface area contributed by atoms with Gasteiger partial charge in [0.05, 0.1) is 11.9 Å². The van der Waals surface area contributed by atoms with Crippen molar-refractivity contribution in [2.24, 2.45) is 4.99 Å². The minimum atomic E-state index is -2.50. The van der Waals surface area contributed by atoms with Crippen LogP contribution >= 0.6 is 11.3 Å². The highest BCUT2D eigenvalue weighted by atomic mass is 32.1. The van der Waals surface area contributed by atoms with Gasteiger partial charge in [0.2, 0.25) is 11.7 Å². The lowest BCUT2D eigenvalue weighted by Gasteiger charge is -2.38. The third kappa shape index (κ3) is 7.05. The minimum absolute atomic E-state index is 0.130. The quantitative estimate of drug-likeness (QED) is 0.205. The van der Waals surface area contributed by atoms with E-state index in [2.05, 4.69) is 56.7 Å². The van der Waals surface area contributed by atoms with Gasteiger partial charge in [-0.3, -0.25) is 0 Å². The molecule has 0 aromatic carbocycles. The number of nitrogens with one attached hydrogen (secondary N) is 1. The van der Waals surface area contributed by atoms with Gasteiger partial charge in [-0.15, -0.1) is 11.3 Å². The van der Waals surface area contributed by atoms with Crippen molar-refractivity contribution in [3.63, 3.8) is 0 Å². The van der Waals surface area contributed by atoms with Crippen LogP contribution in [0, 0.1) is 16.7 Å². The summed E-state index contributed by atoms with van der Waals surface area (Å²) in [5.74, 6) is -2.22. The van der Waals surface area contributed by atoms with Crippen LogP contribution in [0.1, 0.15) is 66.8 Å². The molecule has 0 amide bonds. The van der Waals surface area contributed by atoms with Crippen LogP contribution in [-0.2, 0) is 12.2 Å². The fourth-order valence-corrected chi connectivity index (χ4v) is 7.47. The molecule has 1 aliphatic carbocycles. The summed E-state index contributed by atoms with van der Waals surface area (Å²) in [6, 6.07) is 4.66. The molecule has 2 saturated heterocycles. The van der Waals surface area contributed by atoms with Crippen LogP contribution in [0.15, 0.2) is 11.1 Å². The van der Waals surface area contributed by atoms with Crippen molar-refractivity contribution >= 4 is 34.2 Å². The Hall–Kier alpha value is -3.15. The van der Waals surface area contributed by atoms with Crippen molar-refractivity contribution in [3.05, 3.63) is 27.9 Å². The Labute approximate surface area is 264 Å². The molecule has 0 saturated carbocycles. The van der Waals surface area contributed by atoms with Crippen LogP contribution in [0.5, 0.6) is 5.88 Å². The van der Waals surface area contributed by atoms with Gasteiger partial charge in [0.1, 0.15) is 23.5 Å². The number of fused-ring (bicyclic) bond motifs is 1. The maximum absolute atomic E-state index is 11.5. The third-order valence-electron chi connectivity index (χ3n) is 9.05. The molecule has 3 N–H and O–H groups in total. The van der Waals surface area contributed by atoms with Gasteiger partial charge < -0.3 is 40.0 Å². The Bertz CT molecular complexity index is 1420. The fraction of sp³-hybridized carbons (Fsp3) is 0.645. The second-order valence-electron chi connectivity index (χ2n) is 12.7. The zero-order valence-electron chi connectivity index (χ0n) is 26.5. The molecular weight excluding hydrogens is 578 g/mol. The summed E-state index contributed by atoms with van der Waals surface area (Å²) in [6.07, 6.45) is 5.73. The van der Waals surface area contributed by atoms with Gasteiger partial charge in [-0.2, -0.15) is 10.2 Å². The highest BCUT2D eigenvalue weighted by Gasteiger charge is 2.38. The monoisotopic (exact) mass is 623 g/mol. The second kappa shape index (κ2) is 13.5. The summed E-state index contributed by atoms with van der Waals surface area (Å²) >= 11 is 1.48. The van der Waals surface area contributed by atoms with Crippen LogP contribution in [-0.4, -0.2) is 120 Å². The van der Waals surface area contributed by atoms with E-state index >= 15 is 0 Å². The Morgan fingerprint density at radius 3 is 2.70 bits per heavy atom. The normalized spacial score (nSPS) is 23.1. The predicted octanol–water partition coefficient (Wildman–Crippen LogP) is 2.91. The van der Waals surface area contributed by atoms with Crippen molar-refractivity contribution in [2.75, 3.05) is 65.9 Å². The number of anilines is 1. The first kappa shape index (κ1) is 32.2. The SMILES string of the molecule is CC1CN(c2cc(OCC3CCCN3C)nc(C(O)(O)CC(=N)C3CCCc4sc(/N=C/N(C)C)c(C#N)c43)n2)CCN1C. The number of aliphatic imine (C=N–C) groups is 1. The molecule has 0 spiro atoms. The first-order chi connectivity index (χ1) is 21.0. The van der Waals surface area contributed by atoms with E-state index in [1.807, 2.05) is 19.0 Å². The number of piperazine rings is 1. The summed E-state index contributed by atoms with van der Waals surface area (Å²) in [7, 11) is 7.92. The number of likely N-dealkylation sites (N-methyl/N-ethyl adjacent to an activating group) is 2. The Morgan fingerprint density at radius 1 is 1.23 bits per heavy atom. The number of rotatable bonds is 10. The van der Waals surface area contributed by atoms with E-state index in [4.69, 9.17) is 10.1 Å². The number of aryl methyl sites for hydroxylation is 1. The van der Waals surface area contributed by atoms with Gasteiger partial charge in [0.15, 0.2) is 5.82 Å². The van der Waals surface area contributed by atoms with E-state index in [1.54, 1.807) is 12.4 Å². The molecule has 0 bridgehead atoms. The van der Waals surface area contributed by atoms with Crippen molar-refractivity contribution in [1.82, 2.24) is 24.7 Å². The lowest BCUT2D eigenvalue weighted by Crippen LogP contribution is -2.50. The second-order valence-corrected chi connectivity index (χ2v) is 13.7. The number of ether oxygens (including phenoxy) is 1. The molecule has 3 atom stereocenters.